The summed E-state index contributed by atoms with van der Waals surface area (Å²) in [5.74, 6) is 0. The Morgan fingerprint density at radius 2 is 1.73 bits per heavy atom. The van der Waals surface area contributed by atoms with Gasteiger partial charge in [0.1, 0.15) is 6.33 Å². The molecule has 2 heterocycles. The molecule has 0 amide bonds. The van der Waals surface area contributed by atoms with Crippen molar-refractivity contribution in [2.45, 2.75) is 0 Å². The summed E-state index contributed by atoms with van der Waals surface area (Å²) in [4.78, 5) is 4.46. The first kappa shape index (κ1) is 7.23. The maximum atomic E-state index is 4.46. The predicted molar refractivity (Wildman–Crippen MR) is 60.1 cm³/mol. The monoisotopic (exact) mass is 192 g/mol. The number of aromatic nitrogens is 2. The molecule has 15 heavy (non-hydrogen) atoms. The molecule has 0 N–H and O–H groups in total. The van der Waals surface area contributed by atoms with Crippen LogP contribution in [0.25, 0.3) is 27.8 Å². The molecule has 2 aromatic carbocycles. The van der Waals surface area contributed by atoms with Gasteiger partial charge in [-0.2, -0.15) is 0 Å². The number of hydrogen-bond acceptors (Lipinski definition) is 1. The molecule has 4 bridgehead atoms. The minimum atomic E-state index is 1.11. The molecule has 0 atom stereocenters. The first-order chi connectivity index (χ1) is 7.45. The number of rotatable bonds is 0. The zero-order valence-corrected chi connectivity index (χ0v) is 8.01. The van der Waals surface area contributed by atoms with Gasteiger partial charge < -0.3 is 0 Å². The van der Waals surface area contributed by atoms with Gasteiger partial charge in [-0.25, -0.2) is 4.98 Å². The van der Waals surface area contributed by atoms with Gasteiger partial charge in [-0.3, -0.25) is 4.57 Å². The normalized spacial score (nSPS) is 12.0. The molecule has 2 heteroatoms. The third-order valence-electron chi connectivity index (χ3n) is 3.03. The van der Waals surface area contributed by atoms with Gasteiger partial charge in [-0.15, -0.1) is 0 Å². The summed E-state index contributed by atoms with van der Waals surface area (Å²) < 4.78 is 2.15. The summed E-state index contributed by atoms with van der Waals surface area (Å²) in [6.07, 6.45) is 1.90. The van der Waals surface area contributed by atoms with Crippen molar-refractivity contribution in [3.63, 3.8) is 0 Å². The first-order valence-corrected chi connectivity index (χ1v) is 5.01. The van der Waals surface area contributed by atoms with E-state index in [1.54, 1.807) is 0 Å². The zero-order chi connectivity index (χ0) is 9.83. The summed E-state index contributed by atoms with van der Waals surface area (Å²) >= 11 is 0. The van der Waals surface area contributed by atoms with Crippen molar-refractivity contribution in [3.05, 3.63) is 48.8 Å². The molecule has 3 aromatic rings. The van der Waals surface area contributed by atoms with Gasteiger partial charge in [-0.1, -0.05) is 30.3 Å². The number of fused-ring (bicyclic) bond motifs is 3. The molecule has 0 unspecified atom stereocenters. The molecule has 0 aliphatic carbocycles. The average molecular weight is 192 g/mol. The van der Waals surface area contributed by atoms with E-state index in [0.29, 0.717) is 0 Å². The molecular weight excluding hydrogens is 184 g/mol. The minimum absolute atomic E-state index is 1.11. The smallest absolute Gasteiger partial charge is 0.100 e. The van der Waals surface area contributed by atoms with Crippen molar-refractivity contribution in [1.82, 2.24) is 9.55 Å². The Morgan fingerprint density at radius 1 is 0.867 bits per heavy atom. The fourth-order valence-corrected chi connectivity index (χ4v) is 2.36. The molecule has 0 fully saturated rings. The highest BCUT2D eigenvalue weighted by atomic mass is 15.1. The van der Waals surface area contributed by atoms with Crippen LogP contribution >= 0.6 is 0 Å². The second-order valence-electron chi connectivity index (χ2n) is 3.81. The zero-order valence-electron chi connectivity index (χ0n) is 8.01. The third-order valence-corrected chi connectivity index (χ3v) is 3.03. The van der Waals surface area contributed by atoms with Crippen LogP contribution in [0.2, 0.25) is 0 Å². The molecule has 1 aliphatic rings. The van der Waals surface area contributed by atoms with Crippen LogP contribution in [-0.4, -0.2) is 9.55 Å². The van der Waals surface area contributed by atoms with Gasteiger partial charge in [0.15, 0.2) is 0 Å². The summed E-state index contributed by atoms with van der Waals surface area (Å²) in [6, 6.07) is 14.8. The summed E-state index contributed by atoms with van der Waals surface area (Å²) in [7, 11) is 0. The highest BCUT2D eigenvalue weighted by molar-refractivity contribution is 5.99. The van der Waals surface area contributed by atoms with Crippen LogP contribution in [-0.2, 0) is 0 Å². The summed E-state index contributed by atoms with van der Waals surface area (Å²) in [5, 5.41) is 0. The van der Waals surface area contributed by atoms with Crippen molar-refractivity contribution in [1.29, 1.82) is 0 Å². The van der Waals surface area contributed by atoms with Gasteiger partial charge >= 0.3 is 0 Å². The van der Waals surface area contributed by atoms with Crippen molar-refractivity contribution in [3.8, 4) is 16.8 Å². The lowest BCUT2D eigenvalue weighted by atomic mass is 9.99. The lowest BCUT2D eigenvalue weighted by Crippen LogP contribution is -1.99. The van der Waals surface area contributed by atoms with Crippen molar-refractivity contribution < 1.29 is 0 Å². The molecule has 0 spiro atoms. The Labute approximate surface area is 86.8 Å². The quantitative estimate of drug-likeness (QED) is 0.418. The molecule has 1 aliphatic heterocycles. The van der Waals surface area contributed by atoms with E-state index >= 15 is 0 Å². The van der Waals surface area contributed by atoms with Crippen LogP contribution in [0.1, 0.15) is 0 Å². The Hall–Kier alpha value is -2.09. The molecule has 70 valence electrons. The van der Waals surface area contributed by atoms with Crippen LogP contribution < -0.4 is 0 Å². The number of nitrogens with zero attached hydrogens (tertiary/aromatic N) is 2. The van der Waals surface area contributed by atoms with E-state index in [0.717, 1.165) is 5.52 Å². The van der Waals surface area contributed by atoms with E-state index in [9.17, 15) is 0 Å². The van der Waals surface area contributed by atoms with Gasteiger partial charge in [-0.05, 0) is 12.1 Å². The Bertz CT molecular complexity index is 665. The summed E-state index contributed by atoms with van der Waals surface area (Å²) in [5.41, 5.74) is 6.06. The van der Waals surface area contributed by atoms with Gasteiger partial charge in [0.2, 0.25) is 0 Å². The van der Waals surface area contributed by atoms with Crippen LogP contribution in [0.3, 0.4) is 0 Å². The molecule has 0 radical (unpaired) electrons. The average Bonchev–Trinajstić information content (AvgIpc) is 2.63. The SMILES string of the molecule is c1ccc2c(c1)-c1cccc3c1ncn3-2. The number of pyridine rings is 1. The van der Waals surface area contributed by atoms with Crippen LogP contribution in [0, 0.1) is 0 Å². The number of imidazole rings is 1. The lowest BCUT2D eigenvalue weighted by molar-refractivity contribution is 1.10. The summed E-state index contributed by atoms with van der Waals surface area (Å²) in [6.45, 7) is 0. The largest absolute Gasteiger partial charge is 0.298 e. The van der Waals surface area contributed by atoms with Crippen molar-refractivity contribution >= 4 is 11.0 Å². The number of hydrogen-bond donors (Lipinski definition) is 0. The lowest BCUT2D eigenvalue weighted by Gasteiger charge is -2.16. The maximum Gasteiger partial charge on any atom is 0.100 e. The fourth-order valence-electron chi connectivity index (χ4n) is 2.36. The van der Waals surface area contributed by atoms with E-state index in [4.69, 9.17) is 0 Å². The second kappa shape index (κ2) is 2.28. The van der Waals surface area contributed by atoms with Gasteiger partial charge in [0.05, 0.1) is 16.7 Å². The molecular formula is C13H8N2. The number of benzene rings is 2. The Morgan fingerprint density at radius 3 is 2.73 bits per heavy atom. The molecule has 1 aromatic heterocycles. The Kier molecular flexibility index (Phi) is 1.10. The molecule has 2 nitrogen and oxygen atoms in total. The number of para-hydroxylation sites is 2. The Balaban J connectivity index is 2.34. The van der Waals surface area contributed by atoms with Crippen molar-refractivity contribution in [2.24, 2.45) is 0 Å². The van der Waals surface area contributed by atoms with Crippen LogP contribution in [0.4, 0.5) is 0 Å². The highest BCUT2D eigenvalue weighted by Crippen LogP contribution is 2.37. The van der Waals surface area contributed by atoms with E-state index in [1.165, 1.54) is 22.3 Å². The van der Waals surface area contributed by atoms with E-state index in [2.05, 4.69) is 52.0 Å². The van der Waals surface area contributed by atoms with E-state index in [1.807, 2.05) is 6.33 Å². The fraction of sp³-hybridized carbons (Fsp3) is 0. The van der Waals surface area contributed by atoms with Crippen LogP contribution in [0.15, 0.2) is 48.8 Å². The molecule has 0 saturated carbocycles. The predicted octanol–water partition coefficient (Wildman–Crippen LogP) is 3.01. The standard InChI is InChI=1S/C13H8N2/c1-2-6-11-9(4-1)10-5-3-7-12-13(10)14-8-15(11)12/h1-8H. The first-order valence-electron chi connectivity index (χ1n) is 5.01. The minimum Gasteiger partial charge on any atom is -0.298 e. The van der Waals surface area contributed by atoms with Gasteiger partial charge in [0, 0.05) is 11.1 Å². The molecule has 0 saturated heterocycles. The topological polar surface area (TPSA) is 17.8 Å². The van der Waals surface area contributed by atoms with E-state index < -0.39 is 0 Å². The highest BCUT2D eigenvalue weighted by Gasteiger charge is 2.18. The van der Waals surface area contributed by atoms with Crippen LogP contribution in [0.5, 0.6) is 0 Å². The second-order valence-corrected chi connectivity index (χ2v) is 3.81. The maximum absolute atomic E-state index is 4.46. The van der Waals surface area contributed by atoms with E-state index in [-0.39, 0.29) is 0 Å². The molecule has 4 rings (SSSR count). The third kappa shape index (κ3) is 0.734. The van der Waals surface area contributed by atoms with Gasteiger partial charge in [0.25, 0.3) is 0 Å². The van der Waals surface area contributed by atoms with Crippen molar-refractivity contribution in [2.75, 3.05) is 0 Å².